The van der Waals surface area contributed by atoms with Crippen LogP contribution in [0.3, 0.4) is 0 Å². The Morgan fingerprint density at radius 1 is 0.300 bits per heavy atom. The first-order chi connectivity index (χ1) is 43.2. The van der Waals surface area contributed by atoms with Crippen LogP contribution in [-0.4, -0.2) is 96.7 Å². The third kappa shape index (κ3) is 64.8. The molecule has 3 N–H and O–H groups in total. The number of phosphoric ester groups is 2. The van der Waals surface area contributed by atoms with E-state index in [1.807, 2.05) is 0 Å². The molecular weight excluding hydrogens is 1190 g/mol. The van der Waals surface area contributed by atoms with Gasteiger partial charge in [0.1, 0.15) is 19.3 Å². The molecule has 2 unspecified atom stereocenters. The van der Waals surface area contributed by atoms with Gasteiger partial charge in [-0.2, -0.15) is 0 Å². The van der Waals surface area contributed by atoms with Crippen molar-refractivity contribution in [3.05, 3.63) is 0 Å². The van der Waals surface area contributed by atoms with Gasteiger partial charge < -0.3 is 33.8 Å². The quantitative estimate of drug-likeness (QED) is 0.0222. The second kappa shape index (κ2) is 61.9. The summed E-state index contributed by atoms with van der Waals surface area (Å²) in [6.07, 6.45) is 46.0. The van der Waals surface area contributed by atoms with Crippen LogP contribution in [0, 0.1) is 17.8 Å². The fourth-order valence-corrected chi connectivity index (χ4v) is 12.3. The molecule has 0 bridgehead atoms. The van der Waals surface area contributed by atoms with Gasteiger partial charge in [-0.3, -0.25) is 37.3 Å². The number of aliphatic hydroxyl groups excluding tert-OH is 1. The molecule has 5 atom stereocenters. The van der Waals surface area contributed by atoms with E-state index in [9.17, 15) is 43.2 Å². The minimum Gasteiger partial charge on any atom is -0.462 e. The zero-order valence-electron chi connectivity index (χ0n) is 58.6. The van der Waals surface area contributed by atoms with Crippen molar-refractivity contribution in [2.75, 3.05) is 39.6 Å². The minimum atomic E-state index is -4.95. The first-order valence-electron chi connectivity index (χ1n) is 36.8. The lowest BCUT2D eigenvalue weighted by molar-refractivity contribution is -0.161. The highest BCUT2D eigenvalue weighted by Gasteiger charge is 2.30. The Labute approximate surface area is 549 Å². The fourth-order valence-electron chi connectivity index (χ4n) is 10.7. The normalized spacial score (nSPS) is 14.2. The minimum absolute atomic E-state index is 0.103. The molecule has 90 heavy (non-hydrogen) atoms. The van der Waals surface area contributed by atoms with E-state index in [2.05, 4.69) is 48.5 Å². The van der Waals surface area contributed by atoms with Crippen LogP contribution in [0.5, 0.6) is 0 Å². The Morgan fingerprint density at radius 3 is 0.756 bits per heavy atom. The molecular formula is C71H138O17P2. The molecule has 19 heteroatoms. The summed E-state index contributed by atoms with van der Waals surface area (Å²) in [5.41, 5.74) is 0. The van der Waals surface area contributed by atoms with Crippen LogP contribution in [0.1, 0.15) is 357 Å². The summed E-state index contributed by atoms with van der Waals surface area (Å²) in [6.45, 7) is 11.8. The summed E-state index contributed by atoms with van der Waals surface area (Å²) >= 11 is 0. The van der Waals surface area contributed by atoms with Gasteiger partial charge in [0.15, 0.2) is 12.2 Å². The molecule has 0 aliphatic heterocycles. The third-order valence-corrected chi connectivity index (χ3v) is 18.3. The standard InChI is InChI=1S/C71H138O17P2/c1-8-9-10-11-12-31-38-45-52-68(73)81-58-67(88-71(76)55-48-41-34-27-30-37-44-51-64(6)7)61-86-90(79,80)84-57-65(72)56-83-89(77,78)85-60-66(59-82-69(74)53-46-39-32-25-21-18-17-20-24-29-36-43-50-63(4)5)87-70(75)54-47-40-33-26-22-16-14-13-15-19-23-28-35-42-49-62(2)3/h62-67,72H,8-61H2,1-7H3,(H,77,78)(H,79,80)/t65-,66-,67-/m1/s1. The van der Waals surface area contributed by atoms with Crippen LogP contribution < -0.4 is 0 Å². The summed E-state index contributed by atoms with van der Waals surface area (Å²) < 4.78 is 68.2. The lowest BCUT2D eigenvalue weighted by atomic mass is 10.0. The number of ether oxygens (including phenoxy) is 4. The Hall–Kier alpha value is -1.94. The maximum absolute atomic E-state index is 13.0. The molecule has 0 aliphatic carbocycles. The zero-order valence-corrected chi connectivity index (χ0v) is 60.4. The third-order valence-electron chi connectivity index (χ3n) is 16.4. The van der Waals surface area contributed by atoms with Crippen molar-refractivity contribution in [3.63, 3.8) is 0 Å². The highest BCUT2D eigenvalue weighted by atomic mass is 31.2. The Balaban J connectivity index is 5.21. The van der Waals surface area contributed by atoms with Gasteiger partial charge in [0, 0.05) is 25.7 Å². The topological polar surface area (TPSA) is 237 Å². The van der Waals surface area contributed by atoms with E-state index < -0.39 is 97.5 Å². The summed E-state index contributed by atoms with van der Waals surface area (Å²) in [5.74, 6) is 0.144. The smallest absolute Gasteiger partial charge is 0.462 e. The molecule has 0 aromatic rings. The summed E-state index contributed by atoms with van der Waals surface area (Å²) in [7, 11) is -9.90. The molecule has 0 rings (SSSR count). The molecule has 0 fully saturated rings. The highest BCUT2D eigenvalue weighted by Crippen LogP contribution is 2.45. The largest absolute Gasteiger partial charge is 0.472 e. The van der Waals surface area contributed by atoms with Crippen molar-refractivity contribution in [1.82, 2.24) is 0 Å². The molecule has 534 valence electrons. The van der Waals surface area contributed by atoms with Crippen molar-refractivity contribution in [2.45, 2.75) is 375 Å². The molecule has 0 aromatic carbocycles. The van der Waals surface area contributed by atoms with Crippen LogP contribution in [0.4, 0.5) is 0 Å². The van der Waals surface area contributed by atoms with Crippen LogP contribution in [0.15, 0.2) is 0 Å². The molecule has 0 saturated carbocycles. The van der Waals surface area contributed by atoms with Gasteiger partial charge in [0.25, 0.3) is 0 Å². The molecule has 0 saturated heterocycles. The van der Waals surface area contributed by atoms with E-state index in [0.29, 0.717) is 31.6 Å². The fraction of sp³-hybridized carbons (Fsp3) is 0.944. The van der Waals surface area contributed by atoms with E-state index >= 15 is 0 Å². The average molecular weight is 1330 g/mol. The second-order valence-corrected chi connectivity index (χ2v) is 30.0. The number of hydrogen-bond acceptors (Lipinski definition) is 15. The first kappa shape index (κ1) is 88.1. The van der Waals surface area contributed by atoms with Crippen LogP contribution >= 0.6 is 15.6 Å². The maximum Gasteiger partial charge on any atom is 0.472 e. The number of esters is 4. The zero-order chi connectivity index (χ0) is 66.6. The van der Waals surface area contributed by atoms with Gasteiger partial charge in [0.05, 0.1) is 26.4 Å². The molecule has 0 aromatic heterocycles. The van der Waals surface area contributed by atoms with Gasteiger partial charge in [-0.15, -0.1) is 0 Å². The number of phosphoric acid groups is 2. The van der Waals surface area contributed by atoms with Crippen LogP contribution in [0.25, 0.3) is 0 Å². The van der Waals surface area contributed by atoms with E-state index in [-0.39, 0.29) is 25.7 Å². The molecule has 0 spiro atoms. The monoisotopic (exact) mass is 1320 g/mol. The van der Waals surface area contributed by atoms with Gasteiger partial charge >= 0.3 is 39.5 Å². The lowest BCUT2D eigenvalue weighted by Gasteiger charge is -2.21. The average Bonchev–Trinajstić information content (AvgIpc) is 2.87. The Kier molecular flexibility index (Phi) is 60.6. The molecule has 0 aliphatic rings. The molecule has 0 heterocycles. The van der Waals surface area contributed by atoms with Crippen molar-refractivity contribution >= 4 is 39.5 Å². The maximum atomic E-state index is 13.0. The first-order valence-corrected chi connectivity index (χ1v) is 39.8. The summed E-state index contributed by atoms with van der Waals surface area (Å²) in [4.78, 5) is 72.5. The molecule has 17 nitrogen and oxygen atoms in total. The van der Waals surface area contributed by atoms with Crippen molar-refractivity contribution < 1.29 is 80.2 Å². The van der Waals surface area contributed by atoms with Crippen molar-refractivity contribution in [3.8, 4) is 0 Å². The molecule has 0 amide bonds. The number of carbonyl (C=O) groups excluding carboxylic acids is 4. The van der Waals surface area contributed by atoms with E-state index in [0.717, 1.165) is 108 Å². The van der Waals surface area contributed by atoms with Gasteiger partial charge in [-0.05, 0) is 43.4 Å². The van der Waals surface area contributed by atoms with Crippen LogP contribution in [-0.2, 0) is 65.4 Å². The molecule has 0 radical (unpaired) electrons. The second-order valence-electron chi connectivity index (χ2n) is 27.1. The highest BCUT2D eigenvalue weighted by molar-refractivity contribution is 7.47. The summed E-state index contributed by atoms with van der Waals surface area (Å²) in [6, 6.07) is 0. The predicted molar refractivity (Wildman–Crippen MR) is 363 cm³/mol. The van der Waals surface area contributed by atoms with E-state index in [4.69, 9.17) is 37.0 Å². The van der Waals surface area contributed by atoms with E-state index in [1.54, 1.807) is 0 Å². The lowest BCUT2D eigenvalue weighted by Crippen LogP contribution is -2.30. The Bertz CT molecular complexity index is 1770. The number of hydrogen-bond donors (Lipinski definition) is 3. The number of carbonyl (C=O) groups is 4. The van der Waals surface area contributed by atoms with Crippen molar-refractivity contribution in [2.24, 2.45) is 17.8 Å². The van der Waals surface area contributed by atoms with Gasteiger partial charge in [-0.1, -0.05) is 305 Å². The predicted octanol–water partition coefficient (Wildman–Crippen LogP) is 20.2. The summed E-state index contributed by atoms with van der Waals surface area (Å²) in [5, 5.41) is 10.6. The Morgan fingerprint density at radius 2 is 0.511 bits per heavy atom. The van der Waals surface area contributed by atoms with Crippen LogP contribution in [0.2, 0.25) is 0 Å². The van der Waals surface area contributed by atoms with Gasteiger partial charge in [-0.25, -0.2) is 9.13 Å². The SMILES string of the molecule is CCCCCCCCCCC(=O)OC[C@H](COP(=O)(O)OC[C@H](O)COP(=O)(O)OC[C@@H](COC(=O)CCCCCCCCCCCCCCC(C)C)OC(=O)CCCCCCCCCCCCCCCCC(C)C)OC(=O)CCCCCCCCCC(C)C. The van der Waals surface area contributed by atoms with Gasteiger partial charge in [0.2, 0.25) is 0 Å². The van der Waals surface area contributed by atoms with Crippen molar-refractivity contribution in [1.29, 1.82) is 0 Å². The number of rotatable bonds is 69. The van der Waals surface area contributed by atoms with E-state index in [1.165, 1.54) is 161 Å². The number of aliphatic hydroxyl groups is 1. The number of unbranched alkanes of at least 4 members (excludes halogenated alkanes) is 37.